The predicted molar refractivity (Wildman–Crippen MR) is 46.4 cm³/mol. The highest BCUT2D eigenvalue weighted by atomic mass is 35.5. The number of halogens is 3. The van der Waals surface area contributed by atoms with Gasteiger partial charge in [0.2, 0.25) is 0 Å². The lowest BCUT2D eigenvalue weighted by molar-refractivity contribution is 0.724. The number of hydrogen-bond donors (Lipinski definition) is 0. The van der Waals surface area contributed by atoms with Crippen molar-refractivity contribution >= 4 is 34.8 Å². The molecule has 0 radical (unpaired) electrons. The molecule has 0 aromatic rings. The van der Waals surface area contributed by atoms with Crippen LogP contribution in [0.15, 0.2) is 21.2 Å². The molecular weight excluding hydrogens is 190 g/mol. The second kappa shape index (κ2) is 3.17. The maximum Gasteiger partial charge on any atom is 0.0734 e. The summed E-state index contributed by atoms with van der Waals surface area (Å²) in [5.74, 6) is 0.405. The summed E-state index contributed by atoms with van der Waals surface area (Å²) in [7, 11) is 0. The minimum atomic E-state index is 0.405. The van der Waals surface area contributed by atoms with Crippen LogP contribution in [0, 0.1) is 5.92 Å². The predicted octanol–water partition coefficient (Wildman–Crippen LogP) is 3.84. The zero-order chi connectivity index (χ0) is 7.72. The lowest BCUT2D eigenvalue weighted by Crippen LogP contribution is -1.98. The van der Waals surface area contributed by atoms with E-state index >= 15 is 0 Å². The fraction of sp³-hybridized carbons (Fsp3) is 0.429. The second-order valence-electron chi connectivity index (χ2n) is 2.41. The molecule has 0 aromatic heterocycles. The number of allylic oxidation sites excluding steroid dienone is 4. The zero-order valence-corrected chi connectivity index (χ0v) is 7.76. The van der Waals surface area contributed by atoms with Crippen molar-refractivity contribution in [2.45, 2.75) is 13.3 Å². The van der Waals surface area contributed by atoms with E-state index in [4.69, 9.17) is 34.8 Å². The third-order valence-corrected chi connectivity index (χ3v) is 2.66. The van der Waals surface area contributed by atoms with Crippen molar-refractivity contribution < 1.29 is 0 Å². The Morgan fingerprint density at radius 1 is 1.40 bits per heavy atom. The summed E-state index contributed by atoms with van der Waals surface area (Å²) >= 11 is 17.3. The van der Waals surface area contributed by atoms with Gasteiger partial charge >= 0.3 is 0 Å². The molecule has 0 saturated heterocycles. The van der Waals surface area contributed by atoms with Crippen LogP contribution in [-0.2, 0) is 0 Å². The molecule has 0 heterocycles. The van der Waals surface area contributed by atoms with Crippen LogP contribution in [0.2, 0.25) is 0 Å². The van der Waals surface area contributed by atoms with Gasteiger partial charge in [-0.3, -0.25) is 0 Å². The molecule has 0 aromatic carbocycles. The van der Waals surface area contributed by atoms with Gasteiger partial charge in [0.25, 0.3) is 0 Å². The van der Waals surface area contributed by atoms with Gasteiger partial charge in [-0.25, -0.2) is 0 Å². The highest BCUT2D eigenvalue weighted by molar-refractivity contribution is 6.48. The highest BCUT2D eigenvalue weighted by Gasteiger charge is 2.15. The number of hydrogen-bond acceptors (Lipinski definition) is 0. The Morgan fingerprint density at radius 3 is 2.50 bits per heavy atom. The van der Waals surface area contributed by atoms with Gasteiger partial charge in [0.15, 0.2) is 0 Å². The molecule has 1 atom stereocenters. The van der Waals surface area contributed by atoms with Gasteiger partial charge in [-0.05, 0) is 12.3 Å². The molecule has 0 N–H and O–H groups in total. The fourth-order valence-electron chi connectivity index (χ4n) is 0.884. The quantitative estimate of drug-likeness (QED) is 0.553. The second-order valence-corrected chi connectivity index (χ2v) is 3.66. The Labute approximate surface area is 75.5 Å². The maximum atomic E-state index is 5.78. The normalized spacial score (nSPS) is 26.8. The Balaban J connectivity index is 2.90. The van der Waals surface area contributed by atoms with Crippen molar-refractivity contribution in [1.29, 1.82) is 0 Å². The molecule has 0 nitrogen and oxygen atoms in total. The van der Waals surface area contributed by atoms with Gasteiger partial charge in [0.05, 0.1) is 10.1 Å². The molecular formula is C7H7Cl3. The summed E-state index contributed by atoms with van der Waals surface area (Å²) in [6.07, 6.45) is 2.71. The lowest BCUT2D eigenvalue weighted by Gasteiger charge is -2.13. The van der Waals surface area contributed by atoms with Crippen LogP contribution in [0.25, 0.3) is 0 Å². The molecule has 0 spiro atoms. The smallest absolute Gasteiger partial charge is 0.0734 e. The molecule has 1 aliphatic carbocycles. The van der Waals surface area contributed by atoms with Crippen LogP contribution in [-0.4, -0.2) is 0 Å². The Bertz CT molecular complexity index is 203. The maximum absolute atomic E-state index is 5.78. The molecule has 3 heteroatoms. The molecule has 0 aliphatic heterocycles. The minimum Gasteiger partial charge on any atom is -0.0875 e. The molecule has 0 unspecified atom stereocenters. The highest BCUT2D eigenvalue weighted by Crippen LogP contribution is 2.35. The van der Waals surface area contributed by atoms with Crippen molar-refractivity contribution in [2.75, 3.05) is 0 Å². The topological polar surface area (TPSA) is 0 Å². The molecule has 0 bridgehead atoms. The Kier molecular flexibility index (Phi) is 2.67. The first-order valence-electron chi connectivity index (χ1n) is 3.03. The van der Waals surface area contributed by atoms with E-state index in [9.17, 15) is 0 Å². The first kappa shape index (κ1) is 8.45. The van der Waals surface area contributed by atoms with Crippen molar-refractivity contribution in [3.8, 4) is 0 Å². The Hall–Kier alpha value is 0.350. The summed E-state index contributed by atoms with van der Waals surface area (Å²) in [4.78, 5) is 0. The lowest BCUT2D eigenvalue weighted by atomic mass is 10.0. The SMILES string of the molecule is C[C@@H]1C=C(Cl)C(Cl)=C(Cl)C1. The largest absolute Gasteiger partial charge is 0.0875 e. The van der Waals surface area contributed by atoms with E-state index in [1.165, 1.54) is 0 Å². The first-order chi connectivity index (χ1) is 4.61. The van der Waals surface area contributed by atoms with Crippen molar-refractivity contribution in [2.24, 2.45) is 5.92 Å². The average molecular weight is 197 g/mol. The first-order valence-corrected chi connectivity index (χ1v) is 4.16. The standard InChI is InChI=1S/C7H7Cl3/c1-4-2-5(8)7(10)6(9)3-4/h2,4H,3H2,1H3/t4-/m1/s1. The summed E-state index contributed by atoms with van der Waals surface area (Å²) in [6, 6.07) is 0. The van der Waals surface area contributed by atoms with Crippen LogP contribution in [0.3, 0.4) is 0 Å². The van der Waals surface area contributed by atoms with Crippen LogP contribution < -0.4 is 0 Å². The van der Waals surface area contributed by atoms with Gasteiger partial charge in [0, 0.05) is 5.03 Å². The van der Waals surface area contributed by atoms with Crippen molar-refractivity contribution in [1.82, 2.24) is 0 Å². The van der Waals surface area contributed by atoms with E-state index < -0.39 is 0 Å². The Morgan fingerprint density at radius 2 is 2.00 bits per heavy atom. The average Bonchev–Trinajstić information content (AvgIpc) is 1.82. The monoisotopic (exact) mass is 196 g/mol. The third kappa shape index (κ3) is 1.69. The van der Waals surface area contributed by atoms with E-state index in [0.717, 1.165) is 6.42 Å². The van der Waals surface area contributed by atoms with Gasteiger partial charge in [-0.2, -0.15) is 0 Å². The van der Waals surface area contributed by atoms with Gasteiger partial charge in [-0.1, -0.05) is 47.8 Å². The minimum absolute atomic E-state index is 0.405. The van der Waals surface area contributed by atoms with E-state index in [0.29, 0.717) is 21.0 Å². The van der Waals surface area contributed by atoms with Gasteiger partial charge in [-0.15, -0.1) is 0 Å². The summed E-state index contributed by atoms with van der Waals surface area (Å²) in [5, 5.41) is 1.74. The molecule has 56 valence electrons. The third-order valence-electron chi connectivity index (χ3n) is 1.38. The zero-order valence-electron chi connectivity index (χ0n) is 5.50. The van der Waals surface area contributed by atoms with E-state index in [2.05, 4.69) is 0 Å². The molecule has 1 aliphatic rings. The summed E-state index contributed by atoms with van der Waals surface area (Å²) < 4.78 is 0. The molecule has 0 amide bonds. The molecule has 1 rings (SSSR count). The van der Waals surface area contributed by atoms with Crippen molar-refractivity contribution in [3.63, 3.8) is 0 Å². The van der Waals surface area contributed by atoms with E-state index in [1.54, 1.807) is 0 Å². The van der Waals surface area contributed by atoms with Crippen LogP contribution in [0.4, 0.5) is 0 Å². The number of rotatable bonds is 0. The summed E-state index contributed by atoms with van der Waals surface area (Å²) in [5.41, 5.74) is 0. The summed E-state index contributed by atoms with van der Waals surface area (Å²) in [6.45, 7) is 2.05. The van der Waals surface area contributed by atoms with Crippen molar-refractivity contribution in [3.05, 3.63) is 21.2 Å². The van der Waals surface area contributed by atoms with Gasteiger partial charge < -0.3 is 0 Å². The van der Waals surface area contributed by atoms with E-state index in [-0.39, 0.29) is 0 Å². The fourth-order valence-corrected chi connectivity index (χ4v) is 1.75. The molecule has 10 heavy (non-hydrogen) atoms. The van der Waals surface area contributed by atoms with Crippen LogP contribution >= 0.6 is 34.8 Å². The van der Waals surface area contributed by atoms with E-state index in [1.807, 2.05) is 13.0 Å². The molecule has 0 saturated carbocycles. The molecule has 0 fully saturated rings. The van der Waals surface area contributed by atoms with Crippen LogP contribution in [0.1, 0.15) is 13.3 Å². The van der Waals surface area contributed by atoms with Gasteiger partial charge in [0.1, 0.15) is 0 Å². The van der Waals surface area contributed by atoms with Crippen LogP contribution in [0.5, 0.6) is 0 Å².